The molecular weight excluding hydrogens is 226 g/mol. The number of rotatable bonds is 5. The number of benzene rings is 1. The standard InChI is InChI=1S/C15H21NO2/c1-15(14(17)18)9-11-16(12-15)10-5-8-13-6-3-2-4-7-13/h2-4,6-7H,5,8-12H2,1H3,(H,17,18). The first kappa shape index (κ1) is 13.1. The average molecular weight is 247 g/mol. The molecule has 0 bridgehead atoms. The van der Waals surface area contributed by atoms with Crippen LogP contribution in [0.4, 0.5) is 0 Å². The molecule has 0 aliphatic carbocycles. The van der Waals surface area contributed by atoms with E-state index in [4.69, 9.17) is 5.11 Å². The van der Waals surface area contributed by atoms with Crippen LogP contribution in [-0.4, -0.2) is 35.6 Å². The van der Waals surface area contributed by atoms with E-state index in [0.717, 1.165) is 32.4 Å². The summed E-state index contributed by atoms with van der Waals surface area (Å²) in [5.74, 6) is -0.659. The summed E-state index contributed by atoms with van der Waals surface area (Å²) in [6.07, 6.45) is 2.94. The molecule has 1 aromatic rings. The first-order chi connectivity index (χ1) is 8.60. The van der Waals surface area contributed by atoms with E-state index >= 15 is 0 Å². The minimum Gasteiger partial charge on any atom is -0.481 e. The van der Waals surface area contributed by atoms with Gasteiger partial charge in [-0.25, -0.2) is 0 Å². The van der Waals surface area contributed by atoms with Gasteiger partial charge in [0.2, 0.25) is 0 Å². The van der Waals surface area contributed by atoms with E-state index in [1.165, 1.54) is 5.56 Å². The van der Waals surface area contributed by atoms with Gasteiger partial charge in [-0.15, -0.1) is 0 Å². The Morgan fingerprint density at radius 1 is 1.39 bits per heavy atom. The third kappa shape index (κ3) is 3.10. The predicted octanol–water partition coefficient (Wildman–Crippen LogP) is 2.42. The molecule has 3 nitrogen and oxygen atoms in total. The summed E-state index contributed by atoms with van der Waals surface area (Å²) in [4.78, 5) is 13.4. The molecule has 2 rings (SSSR count). The number of carboxylic acid groups (broad SMARTS) is 1. The Bertz CT molecular complexity index is 404. The first-order valence-corrected chi connectivity index (χ1v) is 6.60. The zero-order valence-electron chi connectivity index (χ0n) is 10.9. The normalized spacial score (nSPS) is 24.3. The molecule has 1 saturated heterocycles. The van der Waals surface area contributed by atoms with E-state index in [1.807, 2.05) is 13.0 Å². The van der Waals surface area contributed by atoms with Crippen molar-refractivity contribution in [2.75, 3.05) is 19.6 Å². The van der Waals surface area contributed by atoms with E-state index in [9.17, 15) is 4.79 Å². The maximum atomic E-state index is 11.1. The van der Waals surface area contributed by atoms with Gasteiger partial charge in [0.15, 0.2) is 0 Å². The van der Waals surface area contributed by atoms with Crippen molar-refractivity contribution in [1.82, 2.24) is 4.90 Å². The lowest BCUT2D eigenvalue weighted by Gasteiger charge is -2.19. The number of aliphatic carboxylic acids is 1. The Kier molecular flexibility index (Phi) is 4.02. The molecule has 1 N–H and O–H groups in total. The molecule has 1 atom stereocenters. The summed E-state index contributed by atoms with van der Waals surface area (Å²) in [7, 11) is 0. The molecule has 1 aliphatic heterocycles. The first-order valence-electron chi connectivity index (χ1n) is 6.60. The number of nitrogens with zero attached hydrogens (tertiary/aromatic N) is 1. The van der Waals surface area contributed by atoms with Gasteiger partial charge in [-0.2, -0.15) is 0 Å². The molecule has 3 heteroatoms. The van der Waals surface area contributed by atoms with Gasteiger partial charge >= 0.3 is 5.97 Å². The summed E-state index contributed by atoms with van der Waals surface area (Å²) in [6.45, 7) is 4.46. The van der Waals surface area contributed by atoms with Crippen LogP contribution < -0.4 is 0 Å². The fourth-order valence-electron chi connectivity index (χ4n) is 2.57. The smallest absolute Gasteiger partial charge is 0.310 e. The van der Waals surface area contributed by atoms with Gasteiger partial charge in [-0.3, -0.25) is 4.79 Å². The minimum absolute atomic E-state index is 0.535. The molecular formula is C15H21NO2. The van der Waals surface area contributed by atoms with E-state index in [2.05, 4.69) is 29.2 Å². The van der Waals surface area contributed by atoms with Gasteiger partial charge in [-0.05, 0) is 44.8 Å². The molecule has 1 heterocycles. The van der Waals surface area contributed by atoms with Crippen molar-refractivity contribution in [3.63, 3.8) is 0 Å². The lowest BCUT2D eigenvalue weighted by Crippen LogP contribution is -2.32. The third-order valence-electron chi connectivity index (χ3n) is 3.85. The van der Waals surface area contributed by atoms with Crippen molar-refractivity contribution in [3.05, 3.63) is 35.9 Å². The Balaban J connectivity index is 1.74. The molecule has 98 valence electrons. The lowest BCUT2D eigenvalue weighted by atomic mass is 9.90. The molecule has 1 aliphatic rings. The predicted molar refractivity (Wildman–Crippen MR) is 71.6 cm³/mol. The van der Waals surface area contributed by atoms with Crippen LogP contribution in [0.2, 0.25) is 0 Å². The Morgan fingerprint density at radius 3 is 2.72 bits per heavy atom. The molecule has 1 aromatic carbocycles. The second kappa shape index (κ2) is 5.53. The Hall–Kier alpha value is -1.35. The van der Waals surface area contributed by atoms with Crippen molar-refractivity contribution < 1.29 is 9.90 Å². The largest absolute Gasteiger partial charge is 0.481 e. The van der Waals surface area contributed by atoms with E-state index in [0.29, 0.717) is 6.54 Å². The highest BCUT2D eigenvalue weighted by molar-refractivity contribution is 5.74. The molecule has 0 amide bonds. The van der Waals surface area contributed by atoms with Crippen LogP contribution in [0.3, 0.4) is 0 Å². The van der Waals surface area contributed by atoms with Crippen LogP contribution in [0.15, 0.2) is 30.3 Å². The summed E-state index contributed by atoms with van der Waals surface area (Å²) in [5, 5.41) is 9.17. The fourth-order valence-corrected chi connectivity index (χ4v) is 2.57. The zero-order chi connectivity index (χ0) is 13.0. The topological polar surface area (TPSA) is 40.5 Å². The van der Waals surface area contributed by atoms with Gasteiger partial charge in [0, 0.05) is 6.54 Å². The number of hydrogen-bond donors (Lipinski definition) is 1. The quantitative estimate of drug-likeness (QED) is 0.868. The number of likely N-dealkylation sites (tertiary alicyclic amines) is 1. The fraction of sp³-hybridized carbons (Fsp3) is 0.533. The average Bonchev–Trinajstić information content (AvgIpc) is 2.74. The highest BCUT2D eigenvalue weighted by atomic mass is 16.4. The van der Waals surface area contributed by atoms with E-state index in [1.54, 1.807) is 0 Å². The molecule has 0 spiro atoms. The van der Waals surface area contributed by atoms with Crippen molar-refractivity contribution in [2.24, 2.45) is 5.41 Å². The van der Waals surface area contributed by atoms with Crippen molar-refractivity contribution >= 4 is 5.97 Å². The number of hydrogen-bond acceptors (Lipinski definition) is 2. The number of carbonyl (C=O) groups is 1. The van der Waals surface area contributed by atoms with Gasteiger partial charge in [-0.1, -0.05) is 30.3 Å². The third-order valence-corrected chi connectivity index (χ3v) is 3.85. The van der Waals surface area contributed by atoms with Crippen LogP contribution >= 0.6 is 0 Å². The van der Waals surface area contributed by atoms with Crippen molar-refractivity contribution in [2.45, 2.75) is 26.2 Å². The van der Waals surface area contributed by atoms with Gasteiger partial charge in [0.05, 0.1) is 5.41 Å². The Labute approximate surface area is 108 Å². The molecule has 1 fully saturated rings. The number of carboxylic acids is 1. The van der Waals surface area contributed by atoms with E-state index in [-0.39, 0.29) is 0 Å². The summed E-state index contributed by atoms with van der Waals surface area (Å²) < 4.78 is 0. The van der Waals surface area contributed by atoms with Crippen LogP contribution in [0.5, 0.6) is 0 Å². The second-order valence-electron chi connectivity index (χ2n) is 5.48. The maximum absolute atomic E-state index is 11.1. The maximum Gasteiger partial charge on any atom is 0.310 e. The SMILES string of the molecule is CC1(C(=O)O)CCN(CCCc2ccccc2)C1. The Morgan fingerprint density at radius 2 is 2.11 bits per heavy atom. The van der Waals surface area contributed by atoms with Crippen LogP contribution in [-0.2, 0) is 11.2 Å². The lowest BCUT2D eigenvalue weighted by molar-refractivity contribution is -0.147. The molecule has 1 unspecified atom stereocenters. The summed E-state index contributed by atoms with van der Waals surface area (Å²) in [6, 6.07) is 10.4. The molecule has 0 aromatic heterocycles. The van der Waals surface area contributed by atoms with Gasteiger partial charge in [0.25, 0.3) is 0 Å². The van der Waals surface area contributed by atoms with Crippen molar-refractivity contribution in [3.8, 4) is 0 Å². The summed E-state index contributed by atoms with van der Waals surface area (Å²) >= 11 is 0. The highest BCUT2D eigenvalue weighted by Crippen LogP contribution is 2.30. The van der Waals surface area contributed by atoms with Gasteiger partial charge in [0.1, 0.15) is 0 Å². The minimum atomic E-state index is -0.659. The molecule has 18 heavy (non-hydrogen) atoms. The highest BCUT2D eigenvalue weighted by Gasteiger charge is 2.39. The van der Waals surface area contributed by atoms with Gasteiger partial charge < -0.3 is 10.0 Å². The molecule has 0 saturated carbocycles. The van der Waals surface area contributed by atoms with Crippen LogP contribution in [0, 0.1) is 5.41 Å². The van der Waals surface area contributed by atoms with E-state index < -0.39 is 11.4 Å². The molecule has 0 radical (unpaired) electrons. The zero-order valence-corrected chi connectivity index (χ0v) is 10.9. The summed E-state index contributed by atoms with van der Waals surface area (Å²) in [5.41, 5.74) is 0.824. The second-order valence-corrected chi connectivity index (χ2v) is 5.48. The van der Waals surface area contributed by atoms with Crippen LogP contribution in [0.1, 0.15) is 25.3 Å². The van der Waals surface area contributed by atoms with Crippen molar-refractivity contribution in [1.29, 1.82) is 0 Å². The van der Waals surface area contributed by atoms with Crippen LogP contribution in [0.25, 0.3) is 0 Å². The monoisotopic (exact) mass is 247 g/mol. The number of aryl methyl sites for hydroxylation is 1.